The lowest BCUT2D eigenvalue weighted by atomic mass is 10.1. The highest BCUT2D eigenvalue weighted by atomic mass is 35.5. The van der Waals surface area contributed by atoms with E-state index in [9.17, 15) is 5.11 Å². The van der Waals surface area contributed by atoms with Gasteiger partial charge < -0.3 is 20.1 Å². The van der Waals surface area contributed by atoms with Gasteiger partial charge in [-0.2, -0.15) is 0 Å². The molecule has 5 heteroatoms. The number of nitrogens with zero attached hydrogens (tertiary/aromatic N) is 1. The first-order valence-electron chi connectivity index (χ1n) is 6.45. The Kier molecular flexibility index (Phi) is 7.16. The molecule has 1 unspecified atom stereocenters. The van der Waals surface area contributed by atoms with Crippen LogP contribution in [0.3, 0.4) is 0 Å². The minimum atomic E-state index is -0.513. The molecule has 0 aliphatic heterocycles. The number of methoxy groups -OCH3 is 1. The van der Waals surface area contributed by atoms with Gasteiger partial charge in [0.15, 0.2) is 0 Å². The number of hydrogen-bond acceptors (Lipinski definition) is 4. The second kappa shape index (κ2) is 8.38. The highest BCUT2D eigenvalue weighted by molar-refractivity contribution is 6.30. The van der Waals surface area contributed by atoms with Crippen LogP contribution in [0.4, 0.5) is 5.69 Å². The van der Waals surface area contributed by atoms with Gasteiger partial charge in [-0.15, -0.1) is 0 Å². The number of nitrogens with one attached hydrogen (secondary N) is 1. The lowest BCUT2D eigenvalue weighted by molar-refractivity contribution is 0.0695. The molecule has 0 radical (unpaired) electrons. The molecule has 0 fully saturated rings. The molecule has 0 spiro atoms. The van der Waals surface area contributed by atoms with Crippen LogP contribution in [-0.4, -0.2) is 45.1 Å². The normalized spacial score (nSPS) is 12.5. The van der Waals surface area contributed by atoms with E-state index in [4.69, 9.17) is 16.3 Å². The lowest BCUT2D eigenvalue weighted by Crippen LogP contribution is -2.32. The van der Waals surface area contributed by atoms with E-state index in [0.29, 0.717) is 18.2 Å². The maximum atomic E-state index is 9.80. The third-order valence-corrected chi connectivity index (χ3v) is 3.10. The molecule has 19 heavy (non-hydrogen) atoms. The summed E-state index contributed by atoms with van der Waals surface area (Å²) in [6, 6.07) is 5.82. The molecule has 2 N–H and O–H groups in total. The minimum Gasteiger partial charge on any atom is -0.389 e. The standard InChI is InChI=1S/C14H23ClN2O2/c1-4-16-8-11-5-6-12(15)7-14(11)17(2)9-13(18)10-19-3/h5-7,13,16,18H,4,8-10H2,1-3H3. The molecule has 0 amide bonds. The van der Waals surface area contributed by atoms with Crippen LogP contribution in [0.15, 0.2) is 18.2 Å². The van der Waals surface area contributed by atoms with Gasteiger partial charge in [0.1, 0.15) is 0 Å². The summed E-state index contributed by atoms with van der Waals surface area (Å²) in [7, 11) is 3.53. The van der Waals surface area contributed by atoms with Crippen molar-refractivity contribution in [2.45, 2.75) is 19.6 Å². The molecule has 108 valence electrons. The van der Waals surface area contributed by atoms with E-state index in [-0.39, 0.29) is 0 Å². The van der Waals surface area contributed by atoms with Crippen molar-refractivity contribution in [2.24, 2.45) is 0 Å². The van der Waals surface area contributed by atoms with Gasteiger partial charge in [-0.05, 0) is 24.2 Å². The number of halogens is 1. The fourth-order valence-electron chi connectivity index (χ4n) is 1.96. The molecule has 0 bridgehead atoms. The van der Waals surface area contributed by atoms with Crippen molar-refractivity contribution in [3.63, 3.8) is 0 Å². The molecule has 0 aromatic heterocycles. The Bertz CT molecular complexity index is 388. The second-order valence-corrected chi connectivity index (χ2v) is 4.98. The number of likely N-dealkylation sites (N-methyl/N-ethyl adjacent to an activating group) is 1. The molecule has 0 saturated carbocycles. The highest BCUT2D eigenvalue weighted by Gasteiger charge is 2.12. The van der Waals surface area contributed by atoms with Crippen molar-refractivity contribution >= 4 is 17.3 Å². The summed E-state index contributed by atoms with van der Waals surface area (Å²) in [5.74, 6) is 0. The van der Waals surface area contributed by atoms with E-state index in [1.165, 1.54) is 5.56 Å². The third-order valence-electron chi connectivity index (χ3n) is 2.87. The average molecular weight is 287 g/mol. The SMILES string of the molecule is CCNCc1ccc(Cl)cc1N(C)CC(O)COC. The summed E-state index contributed by atoms with van der Waals surface area (Å²) in [6.45, 7) is 4.61. The molecular formula is C14H23ClN2O2. The van der Waals surface area contributed by atoms with E-state index >= 15 is 0 Å². The quantitative estimate of drug-likeness (QED) is 0.766. The van der Waals surface area contributed by atoms with Crippen LogP contribution >= 0.6 is 11.6 Å². The van der Waals surface area contributed by atoms with Crippen LogP contribution in [0.25, 0.3) is 0 Å². The Morgan fingerprint density at radius 1 is 1.47 bits per heavy atom. The van der Waals surface area contributed by atoms with Crippen LogP contribution in [-0.2, 0) is 11.3 Å². The van der Waals surface area contributed by atoms with E-state index in [1.54, 1.807) is 7.11 Å². The van der Waals surface area contributed by atoms with Crippen molar-refractivity contribution in [3.8, 4) is 0 Å². The van der Waals surface area contributed by atoms with Gasteiger partial charge in [0.05, 0.1) is 12.7 Å². The van der Waals surface area contributed by atoms with Gasteiger partial charge in [-0.1, -0.05) is 24.6 Å². The molecule has 1 atom stereocenters. The zero-order valence-electron chi connectivity index (χ0n) is 11.8. The van der Waals surface area contributed by atoms with Crippen LogP contribution in [0, 0.1) is 0 Å². The molecular weight excluding hydrogens is 264 g/mol. The van der Waals surface area contributed by atoms with Gasteiger partial charge in [-0.3, -0.25) is 0 Å². The summed E-state index contributed by atoms with van der Waals surface area (Å²) >= 11 is 6.06. The van der Waals surface area contributed by atoms with E-state index < -0.39 is 6.10 Å². The van der Waals surface area contributed by atoms with Gasteiger partial charge in [0.25, 0.3) is 0 Å². The van der Waals surface area contributed by atoms with Crippen molar-refractivity contribution in [1.82, 2.24) is 5.32 Å². The van der Waals surface area contributed by atoms with Crippen LogP contribution in [0.5, 0.6) is 0 Å². The summed E-state index contributed by atoms with van der Waals surface area (Å²) in [4.78, 5) is 2.00. The summed E-state index contributed by atoms with van der Waals surface area (Å²) in [5, 5.41) is 13.8. The number of rotatable bonds is 8. The summed E-state index contributed by atoms with van der Waals surface area (Å²) in [6.07, 6.45) is -0.513. The van der Waals surface area contributed by atoms with E-state index in [1.807, 2.05) is 30.1 Å². The Labute approximate surface area is 120 Å². The largest absolute Gasteiger partial charge is 0.389 e. The first-order valence-corrected chi connectivity index (χ1v) is 6.83. The maximum absolute atomic E-state index is 9.80. The van der Waals surface area contributed by atoms with Crippen LogP contribution in [0.1, 0.15) is 12.5 Å². The first-order chi connectivity index (χ1) is 9.08. The second-order valence-electron chi connectivity index (χ2n) is 4.54. The van der Waals surface area contributed by atoms with Gasteiger partial charge >= 0.3 is 0 Å². The number of hydrogen-bond donors (Lipinski definition) is 2. The number of anilines is 1. The van der Waals surface area contributed by atoms with Gasteiger partial charge in [0.2, 0.25) is 0 Å². The van der Waals surface area contributed by atoms with Crippen molar-refractivity contribution in [1.29, 1.82) is 0 Å². The molecule has 4 nitrogen and oxygen atoms in total. The number of aliphatic hydroxyl groups excluding tert-OH is 1. The van der Waals surface area contributed by atoms with Crippen LogP contribution < -0.4 is 10.2 Å². The topological polar surface area (TPSA) is 44.7 Å². The minimum absolute atomic E-state index is 0.327. The Morgan fingerprint density at radius 2 is 2.21 bits per heavy atom. The predicted octanol–water partition coefficient (Wildman–Crippen LogP) is 1.89. The maximum Gasteiger partial charge on any atom is 0.0947 e. The number of benzene rings is 1. The van der Waals surface area contributed by atoms with Crippen LogP contribution in [0.2, 0.25) is 5.02 Å². The predicted molar refractivity (Wildman–Crippen MR) is 80.0 cm³/mol. The van der Waals surface area contributed by atoms with Crippen molar-refractivity contribution < 1.29 is 9.84 Å². The molecule has 1 aromatic carbocycles. The zero-order valence-corrected chi connectivity index (χ0v) is 12.6. The smallest absolute Gasteiger partial charge is 0.0947 e. The zero-order chi connectivity index (χ0) is 14.3. The molecule has 0 heterocycles. The molecule has 0 aliphatic carbocycles. The summed E-state index contributed by atoms with van der Waals surface area (Å²) in [5.41, 5.74) is 2.20. The van der Waals surface area contributed by atoms with Crippen molar-refractivity contribution in [3.05, 3.63) is 28.8 Å². The Hall–Kier alpha value is -0.810. The monoisotopic (exact) mass is 286 g/mol. The Balaban J connectivity index is 2.80. The fourth-order valence-corrected chi connectivity index (χ4v) is 2.13. The Morgan fingerprint density at radius 3 is 2.84 bits per heavy atom. The van der Waals surface area contributed by atoms with Gasteiger partial charge in [-0.25, -0.2) is 0 Å². The number of aliphatic hydroxyl groups is 1. The number of ether oxygens (including phenoxy) is 1. The third kappa shape index (κ3) is 5.37. The van der Waals surface area contributed by atoms with Gasteiger partial charge in [0, 0.05) is 38.0 Å². The molecule has 1 aromatic rings. The average Bonchev–Trinajstić information content (AvgIpc) is 2.37. The van der Waals surface area contributed by atoms with Crippen molar-refractivity contribution in [2.75, 3.05) is 38.8 Å². The lowest BCUT2D eigenvalue weighted by Gasteiger charge is -2.25. The van der Waals surface area contributed by atoms with E-state index in [0.717, 1.165) is 18.8 Å². The highest BCUT2D eigenvalue weighted by Crippen LogP contribution is 2.24. The molecule has 1 rings (SSSR count). The molecule has 0 aliphatic rings. The molecule has 0 saturated heterocycles. The van der Waals surface area contributed by atoms with E-state index in [2.05, 4.69) is 12.2 Å². The first kappa shape index (κ1) is 16.2. The fraction of sp³-hybridized carbons (Fsp3) is 0.571. The summed E-state index contributed by atoms with van der Waals surface area (Å²) < 4.78 is 4.94.